The van der Waals surface area contributed by atoms with Crippen LogP contribution in [0.2, 0.25) is 0 Å². The second-order valence-corrected chi connectivity index (χ2v) is 5.72. The first-order valence-corrected chi connectivity index (χ1v) is 8.02. The van der Waals surface area contributed by atoms with Gasteiger partial charge < -0.3 is 25.6 Å². The Balaban J connectivity index is 1.65. The standard InChI is InChI=1S/C16H22N4O3/c21-15(14-11-17-7-10-23-14)18-12-5-1-2-6-13(12)19-16(22)20-8-3-4-9-20/h1-2,5-6,14,17H,3-4,7-11H2,(H,18,21)(H,19,22). The maximum Gasteiger partial charge on any atom is 0.321 e. The van der Waals surface area contributed by atoms with Crippen molar-refractivity contribution in [3.05, 3.63) is 24.3 Å². The largest absolute Gasteiger partial charge is 0.366 e. The van der Waals surface area contributed by atoms with Crippen molar-refractivity contribution in [3.8, 4) is 0 Å². The quantitative estimate of drug-likeness (QED) is 0.783. The second-order valence-electron chi connectivity index (χ2n) is 5.72. The molecular weight excluding hydrogens is 296 g/mol. The fourth-order valence-electron chi connectivity index (χ4n) is 2.76. The van der Waals surface area contributed by atoms with Gasteiger partial charge in [0.25, 0.3) is 5.91 Å². The Kier molecular flexibility index (Phi) is 5.09. The zero-order chi connectivity index (χ0) is 16.1. The summed E-state index contributed by atoms with van der Waals surface area (Å²) in [7, 11) is 0. The van der Waals surface area contributed by atoms with E-state index in [1.807, 2.05) is 12.1 Å². The third-order valence-corrected chi connectivity index (χ3v) is 4.04. The molecule has 1 aromatic rings. The fourth-order valence-corrected chi connectivity index (χ4v) is 2.76. The van der Waals surface area contributed by atoms with Crippen LogP contribution in [0.25, 0.3) is 0 Å². The molecular formula is C16H22N4O3. The predicted molar refractivity (Wildman–Crippen MR) is 87.5 cm³/mol. The van der Waals surface area contributed by atoms with Gasteiger partial charge in [0.05, 0.1) is 18.0 Å². The van der Waals surface area contributed by atoms with Gasteiger partial charge in [0, 0.05) is 26.2 Å². The molecule has 2 heterocycles. The van der Waals surface area contributed by atoms with Crippen LogP contribution < -0.4 is 16.0 Å². The molecule has 3 amide bonds. The van der Waals surface area contributed by atoms with Crippen molar-refractivity contribution in [2.45, 2.75) is 18.9 Å². The third-order valence-electron chi connectivity index (χ3n) is 4.04. The van der Waals surface area contributed by atoms with Gasteiger partial charge in [-0.15, -0.1) is 0 Å². The van der Waals surface area contributed by atoms with Crippen LogP contribution in [0.3, 0.4) is 0 Å². The number of likely N-dealkylation sites (tertiary alicyclic amines) is 1. The van der Waals surface area contributed by atoms with E-state index in [9.17, 15) is 9.59 Å². The van der Waals surface area contributed by atoms with Crippen molar-refractivity contribution in [1.82, 2.24) is 10.2 Å². The fraction of sp³-hybridized carbons (Fsp3) is 0.500. The van der Waals surface area contributed by atoms with Crippen molar-refractivity contribution < 1.29 is 14.3 Å². The molecule has 2 fully saturated rings. The molecule has 0 aromatic heterocycles. The van der Waals surface area contributed by atoms with Crippen LogP contribution in [0, 0.1) is 0 Å². The number of carbonyl (C=O) groups excluding carboxylic acids is 2. The van der Waals surface area contributed by atoms with E-state index in [1.165, 1.54) is 0 Å². The molecule has 0 saturated carbocycles. The van der Waals surface area contributed by atoms with Crippen LogP contribution >= 0.6 is 0 Å². The SMILES string of the molecule is O=C(Nc1ccccc1NC(=O)N1CCCC1)C1CNCCO1. The number of hydrogen-bond acceptors (Lipinski definition) is 4. The minimum atomic E-state index is -0.508. The van der Waals surface area contributed by atoms with Gasteiger partial charge >= 0.3 is 6.03 Å². The van der Waals surface area contributed by atoms with E-state index in [4.69, 9.17) is 4.74 Å². The number of para-hydroxylation sites is 2. The van der Waals surface area contributed by atoms with E-state index >= 15 is 0 Å². The maximum absolute atomic E-state index is 12.3. The number of anilines is 2. The predicted octanol–water partition coefficient (Wildman–Crippen LogP) is 1.24. The van der Waals surface area contributed by atoms with Gasteiger partial charge in [-0.05, 0) is 25.0 Å². The molecule has 7 heteroatoms. The number of morpholine rings is 1. The van der Waals surface area contributed by atoms with E-state index in [0.717, 1.165) is 32.5 Å². The first kappa shape index (κ1) is 15.8. The van der Waals surface area contributed by atoms with Crippen molar-refractivity contribution in [2.75, 3.05) is 43.4 Å². The molecule has 1 unspecified atom stereocenters. The lowest BCUT2D eigenvalue weighted by molar-refractivity contribution is -0.128. The molecule has 7 nitrogen and oxygen atoms in total. The summed E-state index contributed by atoms with van der Waals surface area (Å²) < 4.78 is 5.44. The van der Waals surface area contributed by atoms with E-state index in [2.05, 4.69) is 16.0 Å². The minimum Gasteiger partial charge on any atom is -0.366 e. The highest BCUT2D eigenvalue weighted by Gasteiger charge is 2.23. The Labute approximate surface area is 135 Å². The summed E-state index contributed by atoms with van der Waals surface area (Å²) in [4.78, 5) is 26.3. The smallest absolute Gasteiger partial charge is 0.321 e. The first-order chi connectivity index (χ1) is 11.2. The van der Waals surface area contributed by atoms with Crippen LogP contribution in [0.1, 0.15) is 12.8 Å². The molecule has 2 saturated heterocycles. The summed E-state index contributed by atoms with van der Waals surface area (Å²) in [6.07, 6.45) is 1.57. The summed E-state index contributed by atoms with van der Waals surface area (Å²) >= 11 is 0. The normalized spacial score (nSPS) is 21.0. The highest BCUT2D eigenvalue weighted by Crippen LogP contribution is 2.22. The van der Waals surface area contributed by atoms with Gasteiger partial charge in [-0.3, -0.25) is 4.79 Å². The third kappa shape index (κ3) is 4.00. The minimum absolute atomic E-state index is 0.125. The molecule has 3 rings (SSSR count). The number of benzene rings is 1. The molecule has 3 N–H and O–H groups in total. The van der Waals surface area contributed by atoms with Crippen molar-refractivity contribution in [1.29, 1.82) is 0 Å². The topological polar surface area (TPSA) is 82.7 Å². The number of nitrogens with one attached hydrogen (secondary N) is 3. The molecule has 1 atom stereocenters. The molecule has 2 aliphatic heterocycles. The molecule has 0 aliphatic carbocycles. The van der Waals surface area contributed by atoms with Crippen molar-refractivity contribution in [3.63, 3.8) is 0 Å². The maximum atomic E-state index is 12.3. The summed E-state index contributed by atoms with van der Waals surface area (Å²) in [5.74, 6) is -0.208. The van der Waals surface area contributed by atoms with Gasteiger partial charge in [-0.1, -0.05) is 12.1 Å². The van der Waals surface area contributed by atoms with E-state index in [-0.39, 0.29) is 11.9 Å². The van der Waals surface area contributed by atoms with E-state index < -0.39 is 6.10 Å². The summed E-state index contributed by atoms with van der Waals surface area (Å²) in [6.45, 7) is 3.33. The molecule has 2 aliphatic rings. The number of hydrogen-bond donors (Lipinski definition) is 3. The van der Waals surface area contributed by atoms with Gasteiger partial charge in [0.2, 0.25) is 0 Å². The van der Waals surface area contributed by atoms with Crippen LogP contribution in [-0.4, -0.2) is 55.7 Å². The Morgan fingerprint density at radius 2 is 1.83 bits per heavy atom. The lowest BCUT2D eigenvalue weighted by atomic mass is 10.2. The average Bonchev–Trinajstić information content (AvgIpc) is 3.12. The number of ether oxygens (including phenoxy) is 1. The second kappa shape index (κ2) is 7.43. The number of nitrogens with zero attached hydrogens (tertiary/aromatic N) is 1. The van der Waals surface area contributed by atoms with Crippen LogP contribution in [-0.2, 0) is 9.53 Å². The summed E-state index contributed by atoms with van der Waals surface area (Å²) in [5, 5.41) is 8.84. The van der Waals surface area contributed by atoms with Crippen LogP contribution in [0.5, 0.6) is 0 Å². The summed E-state index contributed by atoms with van der Waals surface area (Å²) in [6, 6.07) is 7.08. The van der Waals surface area contributed by atoms with Gasteiger partial charge in [0.1, 0.15) is 6.10 Å². The van der Waals surface area contributed by atoms with E-state index in [0.29, 0.717) is 24.5 Å². The molecule has 0 radical (unpaired) electrons. The zero-order valence-corrected chi connectivity index (χ0v) is 13.0. The number of rotatable bonds is 3. The zero-order valence-electron chi connectivity index (χ0n) is 13.0. The van der Waals surface area contributed by atoms with Gasteiger partial charge in [0.15, 0.2) is 0 Å². The van der Waals surface area contributed by atoms with Gasteiger partial charge in [-0.2, -0.15) is 0 Å². The Bertz CT molecular complexity index is 566. The summed E-state index contributed by atoms with van der Waals surface area (Å²) in [5.41, 5.74) is 1.18. The van der Waals surface area contributed by atoms with E-state index in [1.54, 1.807) is 17.0 Å². The lowest BCUT2D eigenvalue weighted by Crippen LogP contribution is -2.45. The number of carbonyl (C=O) groups is 2. The van der Waals surface area contributed by atoms with Crippen molar-refractivity contribution in [2.24, 2.45) is 0 Å². The Morgan fingerprint density at radius 1 is 1.13 bits per heavy atom. The molecule has 1 aromatic carbocycles. The molecule has 0 bridgehead atoms. The highest BCUT2D eigenvalue weighted by molar-refractivity contribution is 6.00. The molecule has 0 spiro atoms. The number of amides is 3. The Morgan fingerprint density at radius 3 is 2.48 bits per heavy atom. The highest BCUT2D eigenvalue weighted by atomic mass is 16.5. The molecule has 23 heavy (non-hydrogen) atoms. The lowest BCUT2D eigenvalue weighted by Gasteiger charge is -2.23. The van der Waals surface area contributed by atoms with Crippen molar-refractivity contribution >= 4 is 23.3 Å². The first-order valence-electron chi connectivity index (χ1n) is 8.02. The van der Waals surface area contributed by atoms with Gasteiger partial charge in [-0.25, -0.2) is 4.79 Å². The van der Waals surface area contributed by atoms with Crippen LogP contribution in [0.4, 0.5) is 16.2 Å². The molecule has 124 valence electrons. The average molecular weight is 318 g/mol. The number of urea groups is 1. The Hall–Kier alpha value is -2.12. The monoisotopic (exact) mass is 318 g/mol. The van der Waals surface area contributed by atoms with Crippen LogP contribution in [0.15, 0.2) is 24.3 Å².